The summed E-state index contributed by atoms with van der Waals surface area (Å²) in [6.45, 7) is 0.472. The molecular formula is C14H20N2O3S. The molecule has 110 valence electrons. The summed E-state index contributed by atoms with van der Waals surface area (Å²) in [5.41, 5.74) is 1.06. The molecule has 2 amide bonds. The van der Waals surface area contributed by atoms with Crippen molar-refractivity contribution in [2.75, 3.05) is 0 Å². The highest BCUT2D eigenvalue weighted by atomic mass is 32.1. The number of thiophene rings is 1. The van der Waals surface area contributed by atoms with E-state index in [0.717, 1.165) is 31.2 Å². The summed E-state index contributed by atoms with van der Waals surface area (Å²) >= 11 is 1.58. The van der Waals surface area contributed by atoms with Crippen molar-refractivity contribution >= 4 is 23.3 Å². The first-order valence-corrected chi connectivity index (χ1v) is 7.89. The average molecular weight is 296 g/mol. The van der Waals surface area contributed by atoms with Crippen molar-refractivity contribution in [3.05, 3.63) is 22.4 Å². The molecule has 6 heteroatoms. The Bertz CT molecular complexity index is 447. The van der Waals surface area contributed by atoms with E-state index in [-0.39, 0.29) is 12.1 Å². The number of nitrogens with one attached hydrogen (secondary N) is 2. The van der Waals surface area contributed by atoms with Gasteiger partial charge in [-0.25, -0.2) is 4.79 Å². The van der Waals surface area contributed by atoms with E-state index in [0.29, 0.717) is 13.0 Å². The molecule has 0 spiro atoms. The van der Waals surface area contributed by atoms with Crippen LogP contribution in [0.5, 0.6) is 0 Å². The number of amides is 2. The minimum atomic E-state index is -0.810. The molecule has 20 heavy (non-hydrogen) atoms. The molecule has 1 aromatic heterocycles. The number of carboxylic acid groups (broad SMARTS) is 1. The monoisotopic (exact) mass is 296 g/mol. The van der Waals surface area contributed by atoms with Crippen molar-refractivity contribution in [3.8, 4) is 0 Å². The molecule has 1 fully saturated rings. The molecule has 1 aromatic rings. The van der Waals surface area contributed by atoms with Gasteiger partial charge >= 0.3 is 12.0 Å². The number of urea groups is 1. The predicted octanol–water partition coefficient (Wildman–Crippen LogP) is 2.58. The molecular weight excluding hydrogens is 276 g/mol. The molecule has 2 rings (SSSR count). The summed E-state index contributed by atoms with van der Waals surface area (Å²) < 4.78 is 0. The van der Waals surface area contributed by atoms with Gasteiger partial charge in [0.05, 0.1) is 5.92 Å². The Morgan fingerprint density at radius 3 is 2.80 bits per heavy atom. The average Bonchev–Trinajstić information content (AvgIpc) is 2.82. The van der Waals surface area contributed by atoms with E-state index < -0.39 is 11.9 Å². The van der Waals surface area contributed by atoms with Gasteiger partial charge in [0, 0.05) is 12.6 Å². The summed E-state index contributed by atoms with van der Waals surface area (Å²) in [6, 6.07) is 1.41. The molecule has 2 atom stereocenters. The normalized spacial score (nSPS) is 22.8. The molecule has 1 aliphatic carbocycles. The SMILES string of the molecule is O=C(NCc1ccsc1)NC1CCCCCC1C(=O)O. The number of carbonyl (C=O) groups excluding carboxylic acids is 1. The van der Waals surface area contributed by atoms with Crippen molar-refractivity contribution in [3.63, 3.8) is 0 Å². The van der Waals surface area contributed by atoms with Crippen LogP contribution >= 0.6 is 11.3 Å². The van der Waals surface area contributed by atoms with E-state index in [1.807, 2.05) is 16.8 Å². The van der Waals surface area contributed by atoms with Crippen LogP contribution in [0.4, 0.5) is 4.79 Å². The van der Waals surface area contributed by atoms with Crippen molar-refractivity contribution < 1.29 is 14.7 Å². The summed E-state index contributed by atoms with van der Waals surface area (Å²) in [5.74, 6) is -1.28. The Labute approximate surface area is 122 Å². The lowest BCUT2D eigenvalue weighted by molar-refractivity contribution is -0.142. The summed E-state index contributed by atoms with van der Waals surface area (Å²) in [5, 5.41) is 18.8. The molecule has 0 radical (unpaired) electrons. The predicted molar refractivity (Wildman–Crippen MR) is 77.7 cm³/mol. The molecule has 1 saturated carbocycles. The topological polar surface area (TPSA) is 78.4 Å². The highest BCUT2D eigenvalue weighted by Gasteiger charge is 2.30. The zero-order chi connectivity index (χ0) is 14.4. The van der Waals surface area contributed by atoms with Gasteiger partial charge in [-0.15, -0.1) is 0 Å². The fraction of sp³-hybridized carbons (Fsp3) is 0.571. The third-order valence-corrected chi connectivity index (χ3v) is 4.41. The van der Waals surface area contributed by atoms with Crippen molar-refractivity contribution in [1.82, 2.24) is 10.6 Å². The van der Waals surface area contributed by atoms with Gasteiger partial charge in [0.1, 0.15) is 0 Å². The van der Waals surface area contributed by atoms with Crippen molar-refractivity contribution in [2.45, 2.75) is 44.7 Å². The van der Waals surface area contributed by atoms with Crippen LogP contribution in [0.25, 0.3) is 0 Å². The fourth-order valence-corrected chi connectivity index (χ4v) is 3.24. The second-order valence-corrected chi connectivity index (χ2v) is 5.93. The first-order valence-electron chi connectivity index (χ1n) is 6.95. The lowest BCUT2D eigenvalue weighted by atomic mass is 9.95. The third-order valence-electron chi connectivity index (χ3n) is 3.68. The van der Waals surface area contributed by atoms with Crippen LogP contribution in [-0.2, 0) is 11.3 Å². The minimum absolute atomic E-state index is 0.266. The smallest absolute Gasteiger partial charge is 0.315 e. The van der Waals surface area contributed by atoms with Gasteiger partial charge in [-0.05, 0) is 35.2 Å². The van der Waals surface area contributed by atoms with Crippen LogP contribution in [0.2, 0.25) is 0 Å². The standard InChI is InChI=1S/C14H20N2O3S/c17-13(18)11-4-2-1-3-5-12(11)16-14(19)15-8-10-6-7-20-9-10/h6-7,9,11-12H,1-5,8H2,(H,17,18)(H2,15,16,19). The number of aliphatic carboxylic acids is 1. The molecule has 1 aliphatic rings. The maximum Gasteiger partial charge on any atom is 0.315 e. The quantitative estimate of drug-likeness (QED) is 0.747. The maximum absolute atomic E-state index is 11.9. The molecule has 0 bridgehead atoms. The zero-order valence-corrected chi connectivity index (χ0v) is 12.1. The van der Waals surface area contributed by atoms with Gasteiger partial charge in [-0.1, -0.05) is 19.3 Å². The summed E-state index contributed by atoms with van der Waals surface area (Å²) in [4.78, 5) is 23.1. The van der Waals surface area contributed by atoms with E-state index >= 15 is 0 Å². The Morgan fingerprint density at radius 1 is 1.30 bits per heavy atom. The van der Waals surface area contributed by atoms with E-state index in [1.165, 1.54) is 0 Å². The second kappa shape index (κ2) is 7.28. The van der Waals surface area contributed by atoms with Crippen LogP contribution in [0, 0.1) is 5.92 Å². The van der Waals surface area contributed by atoms with Gasteiger partial charge in [0.2, 0.25) is 0 Å². The van der Waals surface area contributed by atoms with E-state index in [2.05, 4.69) is 10.6 Å². The molecule has 3 N–H and O–H groups in total. The first-order chi connectivity index (χ1) is 9.66. The number of hydrogen-bond acceptors (Lipinski definition) is 3. The van der Waals surface area contributed by atoms with Gasteiger partial charge in [0.25, 0.3) is 0 Å². The van der Waals surface area contributed by atoms with Crippen molar-refractivity contribution in [2.24, 2.45) is 5.92 Å². The second-order valence-electron chi connectivity index (χ2n) is 5.15. The fourth-order valence-electron chi connectivity index (χ4n) is 2.57. The number of rotatable bonds is 4. The minimum Gasteiger partial charge on any atom is -0.481 e. The number of hydrogen-bond donors (Lipinski definition) is 3. The van der Waals surface area contributed by atoms with Crippen LogP contribution < -0.4 is 10.6 Å². The van der Waals surface area contributed by atoms with Gasteiger partial charge in [-0.2, -0.15) is 11.3 Å². The van der Waals surface area contributed by atoms with Crippen LogP contribution in [0.1, 0.15) is 37.7 Å². The van der Waals surface area contributed by atoms with Gasteiger partial charge in [-0.3, -0.25) is 4.79 Å². The third kappa shape index (κ3) is 4.23. The molecule has 1 heterocycles. The zero-order valence-electron chi connectivity index (χ0n) is 11.3. The Morgan fingerprint density at radius 2 is 2.10 bits per heavy atom. The summed E-state index contributed by atoms with van der Waals surface area (Å²) in [6.07, 6.45) is 4.32. The largest absolute Gasteiger partial charge is 0.481 e. The molecule has 0 aromatic carbocycles. The highest BCUT2D eigenvalue weighted by molar-refractivity contribution is 7.07. The Hall–Kier alpha value is -1.56. The molecule has 0 saturated heterocycles. The maximum atomic E-state index is 11.9. The molecule has 5 nitrogen and oxygen atoms in total. The van der Waals surface area contributed by atoms with Crippen LogP contribution in [0.15, 0.2) is 16.8 Å². The Kier molecular flexibility index (Phi) is 5.40. The lowest BCUT2D eigenvalue weighted by Crippen LogP contribution is -2.47. The van der Waals surface area contributed by atoms with E-state index in [1.54, 1.807) is 11.3 Å². The first kappa shape index (κ1) is 14.8. The molecule has 0 aliphatic heterocycles. The van der Waals surface area contributed by atoms with Crippen LogP contribution in [0.3, 0.4) is 0 Å². The van der Waals surface area contributed by atoms with Gasteiger partial charge in [0.15, 0.2) is 0 Å². The van der Waals surface area contributed by atoms with Crippen molar-refractivity contribution in [1.29, 1.82) is 0 Å². The van der Waals surface area contributed by atoms with Crippen LogP contribution in [-0.4, -0.2) is 23.1 Å². The molecule has 2 unspecified atom stereocenters. The number of carboxylic acids is 1. The lowest BCUT2D eigenvalue weighted by Gasteiger charge is -2.23. The summed E-state index contributed by atoms with van der Waals surface area (Å²) in [7, 11) is 0. The van der Waals surface area contributed by atoms with E-state index in [4.69, 9.17) is 0 Å². The highest BCUT2D eigenvalue weighted by Crippen LogP contribution is 2.23. The van der Waals surface area contributed by atoms with Gasteiger partial charge < -0.3 is 15.7 Å². The number of carbonyl (C=O) groups is 2. The Balaban J connectivity index is 1.85. The van der Waals surface area contributed by atoms with E-state index in [9.17, 15) is 14.7 Å².